The first-order chi connectivity index (χ1) is 6.35. The molecule has 1 aliphatic heterocycles. The molecule has 72 valence electrons. The zero-order valence-electron chi connectivity index (χ0n) is 7.48. The number of rotatable bonds is 2. The zero-order chi connectivity index (χ0) is 9.26. The van der Waals surface area contributed by atoms with Crippen molar-refractivity contribution in [2.45, 2.75) is 26.0 Å². The molecular formula is C8H14N4O. The third-order valence-corrected chi connectivity index (χ3v) is 2.61. The molecule has 0 bridgehead atoms. The van der Waals surface area contributed by atoms with Crippen LogP contribution in [0.4, 0.5) is 0 Å². The van der Waals surface area contributed by atoms with Gasteiger partial charge in [-0.25, -0.2) is 0 Å². The predicted molar refractivity (Wildman–Crippen MR) is 46.8 cm³/mol. The highest BCUT2D eigenvalue weighted by atomic mass is 16.3. The van der Waals surface area contributed by atoms with Crippen LogP contribution in [0.2, 0.25) is 0 Å². The van der Waals surface area contributed by atoms with Crippen LogP contribution >= 0.6 is 0 Å². The fourth-order valence-corrected chi connectivity index (χ4v) is 1.77. The van der Waals surface area contributed by atoms with E-state index in [0.29, 0.717) is 18.3 Å². The van der Waals surface area contributed by atoms with Crippen molar-refractivity contribution in [2.75, 3.05) is 6.54 Å². The molecule has 0 saturated carbocycles. The van der Waals surface area contributed by atoms with E-state index in [1.165, 1.54) is 0 Å². The van der Waals surface area contributed by atoms with E-state index in [9.17, 15) is 0 Å². The average molecular weight is 182 g/mol. The number of nitrogens with two attached hydrogens (primary N) is 1. The molecule has 1 aliphatic rings. The third kappa shape index (κ3) is 1.45. The smallest absolute Gasteiger partial charge is 0.158 e. The van der Waals surface area contributed by atoms with Crippen LogP contribution in [0.25, 0.3) is 0 Å². The summed E-state index contributed by atoms with van der Waals surface area (Å²) in [5.41, 5.74) is 5.59. The molecular weight excluding hydrogens is 168 g/mol. The van der Waals surface area contributed by atoms with E-state index in [1.807, 2.05) is 4.57 Å². The van der Waals surface area contributed by atoms with E-state index >= 15 is 0 Å². The summed E-state index contributed by atoms with van der Waals surface area (Å²) in [4.78, 5) is 0. The van der Waals surface area contributed by atoms with Gasteiger partial charge >= 0.3 is 0 Å². The van der Waals surface area contributed by atoms with Gasteiger partial charge in [0.05, 0.1) is 0 Å². The van der Waals surface area contributed by atoms with Crippen LogP contribution in [0.3, 0.4) is 0 Å². The number of hydrogen-bond acceptors (Lipinski definition) is 4. The van der Waals surface area contributed by atoms with Crippen molar-refractivity contribution >= 4 is 0 Å². The first-order valence-electron chi connectivity index (χ1n) is 4.57. The lowest BCUT2D eigenvalue weighted by Gasteiger charge is -2.21. The molecule has 2 heterocycles. The van der Waals surface area contributed by atoms with Crippen LogP contribution in [0, 0.1) is 5.92 Å². The second-order valence-corrected chi connectivity index (χ2v) is 3.44. The van der Waals surface area contributed by atoms with Gasteiger partial charge in [-0.1, -0.05) is 0 Å². The Bertz CT molecular complexity index is 296. The topological polar surface area (TPSA) is 77.0 Å². The molecule has 13 heavy (non-hydrogen) atoms. The summed E-state index contributed by atoms with van der Waals surface area (Å²) >= 11 is 0. The maximum atomic E-state index is 8.96. The van der Waals surface area contributed by atoms with E-state index in [1.54, 1.807) is 0 Å². The van der Waals surface area contributed by atoms with Crippen molar-refractivity contribution in [1.29, 1.82) is 0 Å². The first kappa shape index (κ1) is 8.65. The van der Waals surface area contributed by atoms with Crippen molar-refractivity contribution in [3.63, 3.8) is 0 Å². The monoisotopic (exact) mass is 182 g/mol. The molecule has 5 heteroatoms. The average Bonchev–Trinajstić information content (AvgIpc) is 2.59. The summed E-state index contributed by atoms with van der Waals surface area (Å²) in [5, 5.41) is 16.9. The Morgan fingerprint density at radius 2 is 2.38 bits per heavy atom. The summed E-state index contributed by atoms with van der Waals surface area (Å²) in [6.45, 7) is 1.57. The number of fused-ring (bicyclic) bond motifs is 1. The molecule has 0 spiro atoms. The normalized spacial score (nSPS) is 21.5. The van der Waals surface area contributed by atoms with E-state index < -0.39 is 0 Å². The summed E-state index contributed by atoms with van der Waals surface area (Å²) in [6, 6.07) is 0. The minimum Gasteiger partial charge on any atom is -0.388 e. The summed E-state index contributed by atoms with van der Waals surface area (Å²) in [5.74, 6) is 2.17. The van der Waals surface area contributed by atoms with Crippen LogP contribution in [-0.2, 0) is 19.6 Å². The van der Waals surface area contributed by atoms with Crippen molar-refractivity contribution in [2.24, 2.45) is 11.7 Å². The molecule has 0 amide bonds. The number of nitrogens with zero attached hydrogens (tertiary/aromatic N) is 3. The lowest BCUT2D eigenvalue weighted by atomic mass is 9.98. The van der Waals surface area contributed by atoms with Crippen molar-refractivity contribution in [1.82, 2.24) is 14.8 Å². The minimum atomic E-state index is -0.0275. The Kier molecular flexibility index (Phi) is 2.28. The maximum absolute atomic E-state index is 8.96. The first-order valence-corrected chi connectivity index (χ1v) is 4.57. The second kappa shape index (κ2) is 3.43. The number of aliphatic hydroxyl groups excluding tert-OH is 1. The van der Waals surface area contributed by atoms with Gasteiger partial charge in [-0.15, -0.1) is 10.2 Å². The quantitative estimate of drug-likeness (QED) is 0.633. The molecule has 1 aromatic rings. The van der Waals surface area contributed by atoms with E-state index in [2.05, 4.69) is 10.2 Å². The molecule has 1 aromatic heterocycles. The number of hydrogen-bond donors (Lipinski definition) is 2. The van der Waals surface area contributed by atoms with Gasteiger partial charge in [-0.3, -0.25) is 0 Å². The maximum Gasteiger partial charge on any atom is 0.158 e. The Hall–Kier alpha value is -0.940. The van der Waals surface area contributed by atoms with Crippen LogP contribution in [0.1, 0.15) is 18.1 Å². The van der Waals surface area contributed by atoms with Crippen LogP contribution < -0.4 is 5.73 Å². The van der Waals surface area contributed by atoms with Crippen LogP contribution in [0.15, 0.2) is 0 Å². The molecule has 0 aromatic carbocycles. The Balaban J connectivity index is 2.22. The molecule has 3 N–H and O–H groups in total. The standard InChI is InChI=1S/C8H14N4O/c9-4-6-1-2-12-7(3-6)10-11-8(12)5-13/h6,13H,1-5,9H2. The summed E-state index contributed by atoms with van der Waals surface area (Å²) in [6.07, 6.45) is 1.96. The van der Waals surface area contributed by atoms with Gasteiger partial charge in [0.15, 0.2) is 5.82 Å². The molecule has 0 saturated heterocycles. The highest BCUT2D eigenvalue weighted by Crippen LogP contribution is 2.18. The van der Waals surface area contributed by atoms with Gasteiger partial charge in [-0.05, 0) is 18.9 Å². The lowest BCUT2D eigenvalue weighted by molar-refractivity contribution is 0.259. The lowest BCUT2D eigenvalue weighted by Crippen LogP contribution is -2.26. The van der Waals surface area contributed by atoms with Crippen molar-refractivity contribution in [3.05, 3.63) is 11.6 Å². The molecule has 5 nitrogen and oxygen atoms in total. The predicted octanol–water partition coefficient (Wildman–Crippen LogP) is -0.709. The summed E-state index contributed by atoms with van der Waals surface area (Å²) < 4.78 is 1.99. The van der Waals surface area contributed by atoms with Gasteiger partial charge in [0.2, 0.25) is 0 Å². The number of aliphatic hydroxyl groups is 1. The fourth-order valence-electron chi connectivity index (χ4n) is 1.77. The van der Waals surface area contributed by atoms with Crippen LogP contribution in [0.5, 0.6) is 0 Å². The van der Waals surface area contributed by atoms with Gasteiger partial charge in [0, 0.05) is 13.0 Å². The Labute approximate surface area is 76.6 Å². The van der Waals surface area contributed by atoms with Crippen molar-refractivity contribution < 1.29 is 5.11 Å². The highest BCUT2D eigenvalue weighted by molar-refractivity contribution is 4.99. The SMILES string of the molecule is NCC1CCn2c(CO)nnc2C1. The largest absolute Gasteiger partial charge is 0.388 e. The van der Waals surface area contributed by atoms with Crippen LogP contribution in [-0.4, -0.2) is 26.4 Å². The van der Waals surface area contributed by atoms with E-state index in [4.69, 9.17) is 10.8 Å². The van der Waals surface area contributed by atoms with Crippen molar-refractivity contribution in [3.8, 4) is 0 Å². The Morgan fingerprint density at radius 1 is 1.54 bits per heavy atom. The molecule has 1 atom stereocenters. The molecule has 1 unspecified atom stereocenters. The zero-order valence-corrected chi connectivity index (χ0v) is 7.48. The minimum absolute atomic E-state index is 0.0275. The van der Waals surface area contributed by atoms with Gasteiger partial charge in [0.1, 0.15) is 12.4 Å². The fraction of sp³-hybridized carbons (Fsp3) is 0.750. The number of aromatic nitrogens is 3. The van der Waals surface area contributed by atoms with Gasteiger partial charge in [0.25, 0.3) is 0 Å². The molecule has 0 radical (unpaired) electrons. The van der Waals surface area contributed by atoms with E-state index in [-0.39, 0.29) is 6.61 Å². The van der Waals surface area contributed by atoms with E-state index in [0.717, 1.165) is 25.2 Å². The molecule has 2 rings (SSSR count). The van der Waals surface area contributed by atoms with Gasteiger partial charge in [-0.2, -0.15) is 0 Å². The Morgan fingerprint density at radius 3 is 3.08 bits per heavy atom. The molecule has 0 fully saturated rings. The highest BCUT2D eigenvalue weighted by Gasteiger charge is 2.21. The summed E-state index contributed by atoms with van der Waals surface area (Å²) in [7, 11) is 0. The second-order valence-electron chi connectivity index (χ2n) is 3.44. The van der Waals surface area contributed by atoms with Gasteiger partial charge < -0.3 is 15.4 Å². The third-order valence-electron chi connectivity index (χ3n) is 2.61. The molecule has 0 aliphatic carbocycles.